The van der Waals surface area contributed by atoms with Crippen molar-refractivity contribution in [1.29, 1.82) is 0 Å². The van der Waals surface area contributed by atoms with Gasteiger partial charge in [-0.15, -0.1) is 0 Å². The monoisotopic (exact) mass is 444 g/mol. The van der Waals surface area contributed by atoms with Crippen LogP contribution in [0.2, 0.25) is 0 Å². The van der Waals surface area contributed by atoms with Crippen LogP contribution in [0.5, 0.6) is 0 Å². The van der Waals surface area contributed by atoms with E-state index in [9.17, 15) is 4.79 Å². The molecule has 0 aliphatic rings. The van der Waals surface area contributed by atoms with Gasteiger partial charge in [-0.3, -0.25) is 4.79 Å². The summed E-state index contributed by atoms with van der Waals surface area (Å²) in [7, 11) is 0. The fraction of sp³-hybridized carbons (Fsp3) is 0.120. The number of benzene rings is 3. The van der Waals surface area contributed by atoms with E-state index in [2.05, 4.69) is 27.3 Å². The standard InChI is InChI=1S/C25H21BrN2O/c1-16-12-17(2)24-21(13-16)22(25(29)27-15-18-6-4-3-5-7-18)14-23(28-24)19-8-10-20(26)11-9-19/h3-14H,15H2,1-2H3,(H,27,29). The van der Waals surface area contributed by atoms with Gasteiger partial charge < -0.3 is 5.32 Å². The average molecular weight is 445 g/mol. The number of rotatable bonds is 4. The number of nitrogens with zero attached hydrogens (tertiary/aromatic N) is 1. The molecule has 4 heteroatoms. The molecule has 4 rings (SSSR count). The normalized spacial score (nSPS) is 10.9. The molecule has 29 heavy (non-hydrogen) atoms. The first-order valence-electron chi connectivity index (χ1n) is 9.51. The van der Waals surface area contributed by atoms with Gasteiger partial charge in [0.15, 0.2) is 0 Å². The third kappa shape index (κ3) is 4.22. The largest absolute Gasteiger partial charge is 0.348 e. The molecular formula is C25H21BrN2O. The number of nitrogens with one attached hydrogen (secondary N) is 1. The number of amides is 1. The molecule has 1 amide bonds. The maximum Gasteiger partial charge on any atom is 0.252 e. The molecule has 0 bridgehead atoms. The van der Waals surface area contributed by atoms with E-state index in [1.807, 2.05) is 80.6 Å². The Balaban J connectivity index is 1.79. The second kappa shape index (κ2) is 8.18. The maximum atomic E-state index is 13.1. The van der Waals surface area contributed by atoms with Gasteiger partial charge >= 0.3 is 0 Å². The lowest BCUT2D eigenvalue weighted by atomic mass is 9.99. The van der Waals surface area contributed by atoms with Crippen molar-refractivity contribution in [2.45, 2.75) is 20.4 Å². The molecule has 1 heterocycles. The predicted molar refractivity (Wildman–Crippen MR) is 122 cm³/mol. The first-order chi connectivity index (χ1) is 14.0. The summed E-state index contributed by atoms with van der Waals surface area (Å²) < 4.78 is 1.01. The topological polar surface area (TPSA) is 42.0 Å². The molecular weight excluding hydrogens is 424 g/mol. The second-order valence-electron chi connectivity index (χ2n) is 7.21. The molecule has 1 N–H and O–H groups in total. The SMILES string of the molecule is Cc1cc(C)c2nc(-c3ccc(Br)cc3)cc(C(=O)NCc3ccccc3)c2c1. The molecule has 1 aromatic heterocycles. The Morgan fingerprint density at radius 1 is 0.966 bits per heavy atom. The highest BCUT2D eigenvalue weighted by Crippen LogP contribution is 2.28. The van der Waals surface area contributed by atoms with E-state index in [0.29, 0.717) is 12.1 Å². The van der Waals surface area contributed by atoms with Gasteiger partial charge in [-0.1, -0.05) is 70.0 Å². The van der Waals surface area contributed by atoms with Crippen LogP contribution in [-0.4, -0.2) is 10.9 Å². The van der Waals surface area contributed by atoms with Crippen molar-refractivity contribution in [2.24, 2.45) is 0 Å². The van der Waals surface area contributed by atoms with Gasteiger partial charge in [0.2, 0.25) is 0 Å². The molecule has 4 aromatic rings. The minimum absolute atomic E-state index is 0.0929. The zero-order chi connectivity index (χ0) is 20.4. The van der Waals surface area contributed by atoms with Crippen LogP contribution in [0.1, 0.15) is 27.0 Å². The molecule has 0 saturated heterocycles. The highest BCUT2D eigenvalue weighted by molar-refractivity contribution is 9.10. The van der Waals surface area contributed by atoms with Crippen LogP contribution in [-0.2, 0) is 6.54 Å². The Labute approximate surface area is 178 Å². The van der Waals surface area contributed by atoms with E-state index in [1.165, 1.54) is 0 Å². The van der Waals surface area contributed by atoms with Gasteiger partial charge in [0.25, 0.3) is 5.91 Å². The number of pyridine rings is 1. The number of hydrogen-bond donors (Lipinski definition) is 1. The second-order valence-corrected chi connectivity index (χ2v) is 8.12. The zero-order valence-electron chi connectivity index (χ0n) is 16.4. The van der Waals surface area contributed by atoms with Gasteiger partial charge in [-0.25, -0.2) is 4.98 Å². The van der Waals surface area contributed by atoms with Gasteiger partial charge in [-0.05, 0) is 49.2 Å². The molecule has 3 aromatic carbocycles. The predicted octanol–water partition coefficient (Wildman–Crippen LogP) is 6.21. The Kier molecular flexibility index (Phi) is 5.45. The van der Waals surface area contributed by atoms with E-state index in [1.54, 1.807) is 0 Å². The Morgan fingerprint density at radius 3 is 2.41 bits per heavy atom. The molecule has 0 atom stereocenters. The van der Waals surface area contributed by atoms with Crippen LogP contribution < -0.4 is 5.32 Å². The third-order valence-corrected chi connectivity index (χ3v) is 5.46. The summed E-state index contributed by atoms with van der Waals surface area (Å²) in [4.78, 5) is 18.0. The average Bonchev–Trinajstić information content (AvgIpc) is 2.73. The Morgan fingerprint density at radius 2 is 1.69 bits per heavy atom. The number of carbonyl (C=O) groups excluding carboxylic acids is 1. The first kappa shape index (κ1) is 19.3. The van der Waals surface area contributed by atoms with Gasteiger partial charge in [0.1, 0.15) is 0 Å². The fourth-order valence-corrected chi connectivity index (χ4v) is 3.78. The lowest BCUT2D eigenvalue weighted by Crippen LogP contribution is -2.23. The maximum absolute atomic E-state index is 13.1. The highest BCUT2D eigenvalue weighted by Gasteiger charge is 2.16. The molecule has 0 spiro atoms. The lowest BCUT2D eigenvalue weighted by Gasteiger charge is -2.13. The summed E-state index contributed by atoms with van der Waals surface area (Å²) in [6, 6.07) is 24.0. The summed E-state index contributed by atoms with van der Waals surface area (Å²) in [6.07, 6.45) is 0. The summed E-state index contributed by atoms with van der Waals surface area (Å²) in [5, 5.41) is 3.94. The molecule has 0 aliphatic carbocycles. The van der Waals surface area contributed by atoms with Crippen molar-refractivity contribution in [3.05, 3.63) is 99.5 Å². The Bertz CT molecular complexity index is 1190. The quantitative estimate of drug-likeness (QED) is 0.406. The van der Waals surface area contributed by atoms with Crippen LogP contribution >= 0.6 is 15.9 Å². The summed E-state index contributed by atoms with van der Waals surface area (Å²) in [6.45, 7) is 4.57. The molecule has 0 unspecified atom stereocenters. The molecule has 3 nitrogen and oxygen atoms in total. The smallest absolute Gasteiger partial charge is 0.252 e. The van der Waals surface area contributed by atoms with Crippen molar-refractivity contribution in [3.63, 3.8) is 0 Å². The minimum Gasteiger partial charge on any atom is -0.348 e. The summed E-state index contributed by atoms with van der Waals surface area (Å²) in [5.74, 6) is -0.0929. The minimum atomic E-state index is -0.0929. The third-order valence-electron chi connectivity index (χ3n) is 4.93. The summed E-state index contributed by atoms with van der Waals surface area (Å²) in [5.41, 5.74) is 6.53. The molecule has 0 fully saturated rings. The van der Waals surface area contributed by atoms with E-state index in [0.717, 1.165) is 43.3 Å². The van der Waals surface area contributed by atoms with Gasteiger partial charge in [0, 0.05) is 22.0 Å². The number of aromatic nitrogens is 1. The van der Waals surface area contributed by atoms with Crippen LogP contribution in [0.25, 0.3) is 22.2 Å². The fourth-order valence-electron chi connectivity index (χ4n) is 3.51. The Hall–Kier alpha value is -2.98. The molecule has 0 aliphatic heterocycles. The van der Waals surface area contributed by atoms with Crippen molar-refractivity contribution in [2.75, 3.05) is 0 Å². The number of aryl methyl sites for hydroxylation is 2. The van der Waals surface area contributed by atoms with E-state index < -0.39 is 0 Å². The van der Waals surface area contributed by atoms with Crippen LogP contribution in [0, 0.1) is 13.8 Å². The van der Waals surface area contributed by atoms with Gasteiger partial charge in [-0.2, -0.15) is 0 Å². The van der Waals surface area contributed by atoms with Crippen molar-refractivity contribution >= 4 is 32.7 Å². The van der Waals surface area contributed by atoms with Crippen LogP contribution in [0.4, 0.5) is 0 Å². The summed E-state index contributed by atoms with van der Waals surface area (Å²) >= 11 is 3.47. The van der Waals surface area contributed by atoms with Crippen LogP contribution in [0.15, 0.2) is 77.3 Å². The van der Waals surface area contributed by atoms with Crippen LogP contribution in [0.3, 0.4) is 0 Å². The number of carbonyl (C=O) groups is 1. The van der Waals surface area contributed by atoms with Crippen molar-refractivity contribution < 1.29 is 4.79 Å². The number of hydrogen-bond acceptors (Lipinski definition) is 2. The zero-order valence-corrected chi connectivity index (χ0v) is 18.0. The number of halogens is 1. The van der Waals surface area contributed by atoms with Crippen molar-refractivity contribution in [3.8, 4) is 11.3 Å². The molecule has 0 radical (unpaired) electrons. The molecule has 144 valence electrons. The van der Waals surface area contributed by atoms with Crippen molar-refractivity contribution in [1.82, 2.24) is 10.3 Å². The number of fused-ring (bicyclic) bond motifs is 1. The first-order valence-corrected chi connectivity index (χ1v) is 10.3. The molecule has 0 saturated carbocycles. The van der Waals surface area contributed by atoms with E-state index in [4.69, 9.17) is 4.98 Å². The van der Waals surface area contributed by atoms with E-state index >= 15 is 0 Å². The van der Waals surface area contributed by atoms with E-state index in [-0.39, 0.29) is 5.91 Å². The highest BCUT2D eigenvalue weighted by atomic mass is 79.9. The lowest BCUT2D eigenvalue weighted by molar-refractivity contribution is 0.0952. The van der Waals surface area contributed by atoms with Gasteiger partial charge in [0.05, 0.1) is 16.8 Å².